The van der Waals surface area contributed by atoms with Crippen molar-refractivity contribution in [1.82, 2.24) is 15.3 Å². The SMILES string of the molecule is CNC(=O)[C@H]1C[C@H]2C[C@H](C2(C)C)[C@@]1(C)Nc1nc(Nc2ccc(N3CCC(F)(F)CC3)c(F)c2)ncc1F. The molecule has 2 heterocycles. The number of benzene rings is 1. The molecular formula is C27H34F4N6O. The van der Waals surface area contributed by atoms with E-state index in [9.17, 15) is 22.4 Å². The molecule has 4 atom stereocenters. The molecule has 206 valence electrons. The Bertz CT molecular complexity index is 1230. The first-order valence-corrected chi connectivity index (χ1v) is 13.1. The second-order valence-corrected chi connectivity index (χ2v) is 11.6. The van der Waals surface area contributed by atoms with E-state index >= 15 is 0 Å². The maximum atomic E-state index is 14.9. The second-order valence-electron chi connectivity index (χ2n) is 11.6. The number of nitrogens with zero attached hydrogens (tertiary/aromatic N) is 3. The van der Waals surface area contributed by atoms with Gasteiger partial charge in [-0.25, -0.2) is 22.5 Å². The van der Waals surface area contributed by atoms with Crippen LogP contribution in [0.2, 0.25) is 0 Å². The Morgan fingerprint density at radius 3 is 2.42 bits per heavy atom. The minimum Gasteiger partial charge on any atom is -0.369 e. The van der Waals surface area contributed by atoms with Gasteiger partial charge in [0.05, 0.1) is 23.3 Å². The van der Waals surface area contributed by atoms with E-state index in [-0.39, 0.29) is 66.5 Å². The molecule has 1 amide bonds. The molecular weight excluding hydrogens is 500 g/mol. The van der Waals surface area contributed by atoms with Crippen LogP contribution in [0.4, 0.5) is 40.7 Å². The molecule has 4 fully saturated rings. The molecule has 0 radical (unpaired) electrons. The Morgan fingerprint density at radius 1 is 1.08 bits per heavy atom. The van der Waals surface area contributed by atoms with Crippen LogP contribution in [-0.2, 0) is 4.79 Å². The largest absolute Gasteiger partial charge is 0.369 e. The minimum absolute atomic E-state index is 0.000382. The van der Waals surface area contributed by atoms with Crippen LogP contribution in [0.1, 0.15) is 46.5 Å². The quantitative estimate of drug-likeness (QED) is 0.435. The molecule has 4 aliphatic rings. The van der Waals surface area contributed by atoms with Gasteiger partial charge in [-0.15, -0.1) is 0 Å². The standard InChI is InChI=1S/C27H34F4N6O/c1-25(2)15-11-17(23(38)32-4)26(3,21(25)12-15)36-22-19(29)14-33-24(35-22)34-16-5-6-20(18(28)13-16)37-9-7-27(30,31)8-10-37/h5-6,13-15,17,21H,7-12H2,1-4H3,(H,32,38)(H2,33,34,35,36)/t15-,17+,21+,26-/m0/s1. The van der Waals surface area contributed by atoms with Gasteiger partial charge in [0.15, 0.2) is 11.6 Å². The fraction of sp³-hybridized carbons (Fsp3) is 0.593. The summed E-state index contributed by atoms with van der Waals surface area (Å²) in [6.45, 7) is 6.46. The monoisotopic (exact) mass is 534 g/mol. The van der Waals surface area contributed by atoms with Crippen LogP contribution >= 0.6 is 0 Å². The maximum absolute atomic E-state index is 14.9. The predicted molar refractivity (Wildman–Crippen MR) is 138 cm³/mol. The smallest absolute Gasteiger partial charge is 0.251 e. The third-order valence-electron chi connectivity index (χ3n) is 9.17. The van der Waals surface area contributed by atoms with Gasteiger partial charge in [-0.2, -0.15) is 4.98 Å². The number of hydrogen-bond acceptors (Lipinski definition) is 6. The molecule has 1 saturated heterocycles. The summed E-state index contributed by atoms with van der Waals surface area (Å²) in [7, 11) is 1.60. The predicted octanol–water partition coefficient (Wildman–Crippen LogP) is 5.33. The molecule has 38 heavy (non-hydrogen) atoms. The first-order valence-electron chi connectivity index (χ1n) is 13.1. The van der Waals surface area contributed by atoms with E-state index in [2.05, 4.69) is 39.8 Å². The molecule has 3 saturated carbocycles. The van der Waals surface area contributed by atoms with Crippen LogP contribution in [0.5, 0.6) is 0 Å². The van der Waals surface area contributed by atoms with Crippen molar-refractivity contribution in [2.75, 3.05) is 35.7 Å². The van der Waals surface area contributed by atoms with Gasteiger partial charge in [-0.3, -0.25) is 4.79 Å². The second kappa shape index (κ2) is 9.27. The van der Waals surface area contributed by atoms with E-state index in [4.69, 9.17) is 0 Å². The number of alkyl halides is 2. The highest BCUT2D eigenvalue weighted by molar-refractivity contribution is 5.81. The Morgan fingerprint density at radius 2 is 1.79 bits per heavy atom. The lowest BCUT2D eigenvalue weighted by molar-refractivity contribution is -0.155. The van der Waals surface area contributed by atoms with Crippen molar-refractivity contribution in [3.63, 3.8) is 0 Å². The highest BCUT2D eigenvalue weighted by Gasteiger charge is 2.64. The molecule has 2 bridgehead atoms. The maximum Gasteiger partial charge on any atom is 0.251 e. The highest BCUT2D eigenvalue weighted by atomic mass is 19.3. The van der Waals surface area contributed by atoms with Crippen LogP contribution in [0.15, 0.2) is 24.4 Å². The van der Waals surface area contributed by atoms with Crippen molar-refractivity contribution in [3.8, 4) is 0 Å². The first kappa shape index (κ1) is 26.5. The van der Waals surface area contributed by atoms with Crippen molar-refractivity contribution in [3.05, 3.63) is 36.0 Å². The van der Waals surface area contributed by atoms with Crippen molar-refractivity contribution < 1.29 is 22.4 Å². The van der Waals surface area contributed by atoms with E-state index in [1.54, 1.807) is 18.0 Å². The third-order valence-corrected chi connectivity index (χ3v) is 9.17. The van der Waals surface area contributed by atoms with E-state index in [1.165, 1.54) is 12.1 Å². The molecule has 1 aromatic heterocycles. The summed E-state index contributed by atoms with van der Waals surface area (Å²) in [6, 6.07) is 4.37. The summed E-state index contributed by atoms with van der Waals surface area (Å²) >= 11 is 0. The van der Waals surface area contributed by atoms with Gasteiger partial charge < -0.3 is 20.9 Å². The fourth-order valence-corrected chi connectivity index (χ4v) is 6.75. The number of aromatic nitrogens is 2. The summed E-state index contributed by atoms with van der Waals surface area (Å²) in [5, 5.41) is 8.91. The zero-order valence-corrected chi connectivity index (χ0v) is 22.0. The van der Waals surface area contributed by atoms with Gasteiger partial charge in [0.25, 0.3) is 5.92 Å². The highest BCUT2D eigenvalue weighted by Crippen LogP contribution is 2.65. The number of amides is 1. The molecule has 11 heteroatoms. The summed E-state index contributed by atoms with van der Waals surface area (Å²) in [6.07, 6.45) is 2.05. The Hall–Kier alpha value is -3.11. The van der Waals surface area contributed by atoms with E-state index in [0.717, 1.165) is 12.6 Å². The molecule has 6 rings (SSSR count). The lowest BCUT2D eigenvalue weighted by Crippen LogP contribution is -2.69. The zero-order chi connectivity index (χ0) is 27.5. The number of fused-ring (bicyclic) bond motifs is 2. The lowest BCUT2D eigenvalue weighted by atomic mass is 9.40. The number of anilines is 4. The summed E-state index contributed by atoms with van der Waals surface area (Å²) in [5.41, 5.74) is -0.147. The minimum atomic E-state index is -2.72. The Labute approximate surface area is 219 Å². The van der Waals surface area contributed by atoms with Crippen LogP contribution in [0.25, 0.3) is 0 Å². The van der Waals surface area contributed by atoms with Gasteiger partial charge in [0.1, 0.15) is 5.82 Å². The number of carbonyl (C=O) groups excluding carboxylic acids is 1. The molecule has 7 nitrogen and oxygen atoms in total. The lowest BCUT2D eigenvalue weighted by Gasteiger charge is -2.66. The zero-order valence-electron chi connectivity index (χ0n) is 22.0. The average molecular weight is 535 g/mol. The molecule has 3 aliphatic carbocycles. The topological polar surface area (TPSA) is 82.2 Å². The molecule has 2 aromatic rings. The fourth-order valence-electron chi connectivity index (χ4n) is 6.75. The number of halogens is 4. The summed E-state index contributed by atoms with van der Waals surface area (Å²) in [4.78, 5) is 22.7. The van der Waals surface area contributed by atoms with Crippen LogP contribution in [0, 0.1) is 34.8 Å². The Kier molecular flexibility index (Phi) is 6.46. The molecule has 1 aliphatic heterocycles. The number of nitrogens with one attached hydrogen (secondary N) is 3. The van der Waals surface area contributed by atoms with E-state index in [1.807, 2.05) is 6.92 Å². The van der Waals surface area contributed by atoms with Crippen molar-refractivity contribution in [2.45, 2.75) is 57.9 Å². The molecule has 0 unspecified atom stereocenters. The summed E-state index contributed by atoms with van der Waals surface area (Å²) < 4.78 is 56.8. The van der Waals surface area contributed by atoms with Crippen molar-refractivity contribution in [2.24, 2.45) is 23.2 Å². The van der Waals surface area contributed by atoms with Gasteiger partial charge in [-0.05, 0) is 55.2 Å². The first-order chi connectivity index (χ1) is 17.8. The summed E-state index contributed by atoms with van der Waals surface area (Å²) in [5.74, 6) is -3.80. The number of rotatable bonds is 6. The normalized spacial score (nSPS) is 29.3. The van der Waals surface area contributed by atoms with Crippen molar-refractivity contribution in [1.29, 1.82) is 0 Å². The molecule has 0 spiro atoms. The van der Waals surface area contributed by atoms with Gasteiger partial charge >= 0.3 is 0 Å². The Balaban J connectivity index is 1.35. The van der Waals surface area contributed by atoms with Gasteiger partial charge in [0, 0.05) is 38.7 Å². The van der Waals surface area contributed by atoms with Crippen molar-refractivity contribution >= 4 is 29.0 Å². The van der Waals surface area contributed by atoms with Gasteiger partial charge in [0.2, 0.25) is 11.9 Å². The van der Waals surface area contributed by atoms with Crippen LogP contribution in [0.3, 0.4) is 0 Å². The van der Waals surface area contributed by atoms with E-state index < -0.39 is 23.1 Å². The number of carbonyl (C=O) groups is 1. The van der Waals surface area contributed by atoms with Crippen LogP contribution < -0.4 is 20.9 Å². The number of hydrogen-bond donors (Lipinski definition) is 3. The molecule has 1 aromatic carbocycles. The number of piperidine rings is 1. The van der Waals surface area contributed by atoms with Gasteiger partial charge in [-0.1, -0.05) is 13.8 Å². The molecule has 3 N–H and O–H groups in total. The third kappa shape index (κ3) is 4.53. The average Bonchev–Trinajstić information content (AvgIpc) is 2.85. The van der Waals surface area contributed by atoms with E-state index in [0.29, 0.717) is 18.0 Å². The van der Waals surface area contributed by atoms with Crippen LogP contribution in [-0.4, -0.2) is 47.5 Å².